The van der Waals surface area contributed by atoms with Gasteiger partial charge in [-0.15, -0.1) is 0 Å². The second-order valence-electron chi connectivity index (χ2n) is 10.3. The average Bonchev–Trinajstić information content (AvgIpc) is 2.87. The van der Waals surface area contributed by atoms with Crippen LogP contribution in [0.15, 0.2) is 90.9 Å². The predicted molar refractivity (Wildman–Crippen MR) is 143 cm³/mol. The highest BCUT2D eigenvalue weighted by Crippen LogP contribution is 2.43. The summed E-state index contributed by atoms with van der Waals surface area (Å²) in [6, 6.07) is 18.1. The van der Waals surface area contributed by atoms with E-state index in [9.17, 15) is 10.0 Å². The zero-order chi connectivity index (χ0) is 25.3. The molecule has 0 N–H and O–H groups in total. The molecule has 2 aliphatic carbocycles. The van der Waals surface area contributed by atoms with Crippen LogP contribution >= 0.6 is 0 Å². The highest BCUT2D eigenvalue weighted by Gasteiger charge is 2.35. The van der Waals surface area contributed by atoms with Crippen LogP contribution in [0.1, 0.15) is 44.7 Å². The Morgan fingerprint density at radius 1 is 1.06 bits per heavy atom. The molecule has 1 atom stereocenters. The van der Waals surface area contributed by atoms with Crippen molar-refractivity contribution in [3.05, 3.63) is 107 Å². The van der Waals surface area contributed by atoms with Crippen LogP contribution in [-0.2, 0) is 16.0 Å². The number of ether oxygens (including phenoxy) is 1. The summed E-state index contributed by atoms with van der Waals surface area (Å²) in [5.74, 6) is -0.258. The van der Waals surface area contributed by atoms with Gasteiger partial charge in [-0.3, -0.25) is 9.78 Å². The Bertz CT molecular complexity index is 1510. The Morgan fingerprint density at radius 2 is 1.86 bits per heavy atom. The summed E-state index contributed by atoms with van der Waals surface area (Å²) in [6.45, 7) is 5.81. The van der Waals surface area contributed by atoms with Gasteiger partial charge in [-0.2, -0.15) is 4.73 Å². The van der Waals surface area contributed by atoms with Crippen LogP contribution < -0.4 is 4.73 Å². The van der Waals surface area contributed by atoms with E-state index in [0.717, 1.165) is 29.4 Å². The molecule has 2 aliphatic rings. The lowest BCUT2D eigenvalue weighted by molar-refractivity contribution is -0.577. The van der Waals surface area contributed by atoms with Crippen molar-refractivity contribution in [2.24, 2.45) is 5.92 Å². The molecule has 2 heterocycles. The van der Waals surface area contributed by atoms with Crippen LogP contribution in [0.4, 0.5) is 0 Å². The highest BCUT2D eigenvalue weighted by molar-refractivity contribution is 5.96. The molecular weight excluding hydrogens is 448 g/mol. The molecule has 6 rings (SSSR count). The number of carbonyl (C=O) groups excluding carboxylic acids is 1. The van der Waals surface area contributed by atoms with E-state index in [-0.39, 0.29) is 11.9 Å². The molecule has 0 radical (unpaired) electrons. The number of hydrogen-bond acceptors (Lipinski definition) is 4. The van der Waals surface area contributed by atoms with Gasteiger partial charge in [-0.25, -0.2) is 0 Å². The molecule has 0 spiro atoms. The maximum atomic E-state index is 12.9. The van der Waals surface area contributed by atoms with Gasteiger partial charge >= 0.3 is 5.97 Å². The normalized spacial score (nSPS) is 16.7. The van der Waals surface area contributed by atoms with Crippen LogP contribution in [0.2, 0.25) is 0 Å². The number of carbonyl (C=O) groups is 1. The van der Waals surface area contributed by atoms with Crippen molar-refractivity contribution in [1.82, 2.24) is 4.98 Å². The molecule has 0 fully saturated rings. The largest absolute Gasteiger partial charge is 0.618 e. The third-order valence-electron chi connectivity index (χ3n) is 6.62. The number of aromatic nitrogens is 2. The SMILES string of the molecule is CC(C)(C)OC(=O)C1Cc2c(ccc3ccccc23)C2=C1CCC=C2.[O-][n+]1cccc2cnccc21. The minimum absolute atomic E-state index is 0.0890. The molecule has 36 heavy (non-hydrogen) atoms. The smallest absolute Gasteiger partial charge is 0.313 e. The van der Waals surface area contributed by atoms with Crippen molar-refractivity contribution >= 4 is 33.2 Å². The molecule has 0 saturated carbocycles. The number of allylic oxidation sites excluding steroid dienone is 3. The van der Waals surface area contributed by atoms with Crippen molar-refractivity contribution in [1.29, 1.82) is 0 Å². The molecule has 2 aromatic heterocycles. The van der Waals surface area contributed by atoms with E-state index in [1.54, 1.807) is 24.5 Å². The molecule has 2 aromatic carbocycles. The first-order chi connectivity index (χ1) is 17.3. The maximum Gasteiger partial charge on any atom is 0.313 e. The van der Waals surface area contributed by atoms with Crippen molar-refractivity contribution < 1.29 is 14.3 Å². The van der Waals surface area contributed by atoms with Crippen molar-refractivity contribution in [3.8, 4) is 0 Å². The summed E-state index contributed by atoms with van der Waals surface area (Å²) < 4.78 is 6.59. The van der Waals surface area contributed by atoms with E-state index in [4.69, 9.17) is 4.74 Å². The fourth-order valence-electron chi connectivity index (χ4n) is 5.07. The summed E-state index contributed by atoms with van der Waals surface area (Å²) in [6.07, 6.45) is 11.8. The van der Waals surface area contributed by atoms with E-state index < -0.39 is 5.60 Å². The summed E-state index contributed by atoms with van der Waals surface area (Å²) in [5.41, 5.74) is 5.24. The van der Waals surface area contributed by atoms with Crippen molar-refractivity contribution in [2.45, 2.75) is 45.6 Å². The Labute approximate surface area is 211 Å². The molecule has 0 aliphatic heterocycles. The van der Waals surface area contributed by atoms with Crippen LogP contribution in [-0.4, -0.2) is 16.6 Å². The van der Waals surface area contributed by atoms with E-state index >= 15 is 0 Å². The zero-order valence-electron chi connectivity index (χ0n) is 20.9. The molecule has 1 unspecified atom stereocenters. The standard InChI is InChI=1S/C23H24O2.C8H6N2O/c1-23(2,3)25-22(24)21-14-20-16-9-5-4-8-15(16)12-13-19(20)17-10-6-7-11-18(17)21;11-10-5-1-2-7-6-9-4-3-8(7)10/h4-6,8-10,12-13,21H,7,11,14H2,1-3H3;1-6H. The van der Waals surface area contributed by atoms with E-state index in [0.29, 0.717) is 5.52 Å². The van der Waals surface area contributed by atoms with Gasteiger partial charge in [-0.1, -0.05) is 48.6 Å². The Morgan fingerprint density at radius 3 is 2.67 bits per heavy atom. The summed E-state index contributed by atoms with van der Waals surface area (Å²) in [4.78, 5) is 16.8. The average molecular weight is 479 g/mol. The first-order valence-electron chi connectivity index (χ1n) is 12.4. The molecule has 5 nitrogen and oxygen atoms in total. The van der Waals surface area contributed by atoms with Crippen LogP contribution in [0.25, 0.3) is 27.2 Å². The molecule has 0 bridgehead atoms. The number of esters is 1. The minimum Gasteiger partial charge on any atom is -0.618 e. The molecule has 0 amide bonds. The summed E-state index contributed by atoms with van der Waals surface area (Å²) in [7, 11) is 0. The number of pyridine rings is 2. The molecule has 5 heteroatoms. The van der Waals surface area contributed by atoms with Crippen LogP contribution in [0.5, 0.6) is 0 Å². The topological polar surface area (TPSA) is 66.1 Å². The molecule has 4 aromatic rings. The number of fused-ring (bicyclic) bond motifs is 5. The van der Waals surface area contributed by atoms with Crippen LogP contribution in [0, 0.1) is 11.1 Å². The van der Waals surface area contributed by atoms with Crippen molar-refractivity contribution in [2.75, 3.05) is 0 Å². The third kappa shape index (κ3) is 4.74. The molecule has 0 saturated heterocycles. The zero-order valence-corrected chi connectivity index (χ0v) is 20.9. The Kier molecular flexibility index (Phi) is 6.31. The Hall–Kier alpha value is -3.99. The van der Waals surface area contributed by atoms with E-state index in [2.05, 4.69) is 53.5 Å². The van der Waals surface area contributed by atoms with Gasteiger partial charge in [0, 0.05) is 24.5 Å². The molecular formula is C31H30N2O3. The highest BCUT2D eigenvalue weighted by atomic mass is 16.6. The van der Waals surface area contributed by atoms with Gasteiger partial charge < -0.3 is 9.94 Å². The Balaban J connectivity index is 0.000000202. The van der Waals surface area contributed by atoms with Gasteiger partial charge in [0.15, 0.2) is 6.20 Å². The van der Waals surface area contributed by atoms with Gasteiger partial charge in [0.1, 0.15) is 5.60 Å². The van der Waals surface area contributed by atoms with E-state index in [1.165, 1.54) is 39.2 Å². The summed E-state index contributed by atoms with van der Waals surface area (Å²) in [5, 5.41) is 14.4. The van der Waals surface area contributed by atoms with Gasteiger partial charge in [0.2, 0.25) is 5.52 Å². The van der Waals surface area contributed by atoms with Crippen molar-refractivity contribution in [3.63, 3.8) is 0 Å². The number of hydrogen-bond donors (Lipinski definition) is 0. The second-order valence-corrected chi connectivity index (χ2v) is 10.3. The molecule has 182 valence electrons. The van der Waals surface area contributed by atoms with Gasteiger partial charge in [-0.05, 0) is 79.1 Å². The first-order valence-corrected chi connectivity index (χ1v) is 12.4. The van der Waals surface area contributed by atoms with Crippen LogP contribution in [0.3, 0.4) is 0 Å². The van der Waals surface area contributed by atoms with Gasteiger partial charge in [0.05, 0.1) is 11.3 Å². The fraction of sp³-hybridized carbons (Fsp3) is 0.258. The number of benzene rings is 2. The number of nitrogens with zero attached hydrogens (tertiary/aromatic N) is 2. The second kappa shape index (κ2) is 9.57. The van der Waals surface area contributed by atoms with E-state index in [1.807, 2.05) is 26.8 Å². The predicted octanol–water partition coefficient (Wildman–Crippen LogP) is 6.33. The lowest BCUT2D eigenvalue weighted by Crippen LogP contribution is -2.33. The number of rotatable bonds is 1. The lowest BCUT2D eigenvalue weighted by Gasteiger charge is -2.33. The monoisotopic (exact) mass is 478 g/mol. The lowest BCUT2D eigenvalue weighted by atomic mass is 9.74. The first kappa shape index (κ1) is 23.7. The summed E-state index contributed by atoms with van der Waals surface area (Å²) >= 11 is 0. The third-order valence-corrected chi connectivity index (χ3v) is 6.62. The minimum atomic E-state index is -0.457. The quantitative estimate of drug-likeness (QED) is 0.182. The van der Waals surface area contributed by atoms with Gasteiger partial charge in [0.25, 0.3) is 0 Å². The fourth-order valence-corrected chi connectivity index (χ4v) is 5.07. The maximum absolute atomic E-state index is 12.9.